The summed E-state index contributed by atoms with van der Waals surface area (Å²) in [6.07, 6.45) is -1.15. The van der Waals surface area contributed by atoms with Crippen molar-refractivity contribution in [1.82, 2.24) is 5.32 Å². The molecule has 0 saturated carbocycles. The number of rotatable bonds is 4. The predicted octanol–water partition coefficient (Wildman–Crippen LogP) is 1.30. The fourth-order valence-electron chi connectivity index (χ4n) is 1.54. The Hall–Kier alpha value is -2.28. The monoisotopic (exact) mass is 313 g/mol. The molecule has 0 aliphatic rings. The van der Waals surface area contributed by atoms with E-state index < -0.39 is 24.0 Å². The van der Waals surface area contributed by atoms with Crippen molar-refractivity contribution < 1.29 is 19.1 Å². The van der Waals surface area contributed by atoms with Gasteiger partial charge in [-0.25, -0.2) is 9.59 Å². The number of esters is 1. The van der Waals surface area contributed by atoms with Crippen molar-refractivity contribution in [1.29, 1.82) is 0 Å². The molecule has 7 nitrogen and oxygen atoms in total. The number of anilines is 1. The number of ether oxygens (including phenoxy) is 1. The molecule has 0 fully saturated rings. The van der Waals surface area contributed by atoms with Crippen LogP contribution in [0.4, 0.5) is 10.5 Å². The van der Waals surface area contributed by atoms with E-state index >= 15 is 0 Å². The normalized spacial score (nSPS) is 11.8. The average Bonchev–Trinajstić information content (AvgIpc) is 2.37. The van der Waals surface area contributed by atoms with Gasteiger partial charge in [-0.05, 0) is 24.1 Å². The second-order valence-electron chi connectivity index (χ2n) is 4.66. The molecule has 114 valence electrons. The lowest BCUT2D eigenvalue weighted by Gasteiger charge is -2.19. The van der Waals surface area contributed by atoms with Crippen LogP contribution in [0.1, 0.15) is 24.2 Å². The smallest absolute Gasteiger partial charge is 0.338 e. The maximum Gasteiger partial charge on any atom is 0.338 e. The third-order valence-corrected chi connectivity index (χ3v) is 2.92. The second-order valence-corrected chi connectivity index (χ2v) is 5.07. The Morgan fingerprint density at radius 2 is 1.90 bits per heavy atom. The first-order valence-electron chi connectivity index (χ1n) is 6.08. The molecule has 0 unspecified atom stereocenters. The van der Waals surface area contributed by atoms with Gasteiger partial charge >= 0.3 is 12.0 Å². The lowest BCUT2D eigenvalue weighted by atomic mass is 10.1. The minimum Gasteiger partial charge on any atom is -0.448 e. The Morgan fingerprint density at radius 1 is 1.29 bits per heavy atom. The van der Waals surface area contributed by atoms with Gasteiger partial charge in [0.05, 0.1) is 16.3 Å². The maximum absolute atomic E-state index is 12.0. The molecular weight excluding hydrogens is 298 g/mol. The van der Waals surface area contributed by atoms with Gasteiger partial charge in [0.25, 0.3) is 5.91 Å². The average molecular weight is 314 g/mol. The summed E-state index contributed by atoms with van der Waals surface area (Å²) < 4.78 is 5.10. The van der Waals surface area contributed by atoms with Crippen molar-refractivity contribution in [2.24, 2.45) is 11.7 Å². The molecule has 1 aromatic rings. The van der Waals surface area contributed by atoms with Gasteiger partial charge in [0, 0.05) is 0 Å². The molecular formula is C13H16ClN3O4. The highest BCUT2D eigenvalue weighted by Gasteiger charge is 2.28. The van der Waals surface area contributed by atoms with Crippen molar-refractivity contribution in [3.05, 3.63) is 28.8 Å². The molecule has 0 heterocycles. The van der Waals surface area contributed by atoms with Gasteiger partial charge in [-0.1, -0.05) is 25.4 Å². The Bertz CT molecular complexity index is 575. The summed E-state index contributed by atoms with van der Waals surface area (Å²) >= 11 is 5.76. The molecule has 0 radical (unpaired) electrons. The summed E-state index contributed by atoms with van der Waals surface area (Å²) in [5, 5.41) is 2.18. The summed E-state index contributed by atoms with van der Waals surface area (Å²) in [5.74, 6) is -1.89. The van der Waals surface area contributed by atoms with E-state index in [9.17, 15) is 14.4 Å². The number of imide groups is 1. The van der Waals surface area contributed by atoms with Crippen LogP contribution >= 0.6 is 11.6 Å². The first-order chi connectivity index (χ1) is 9.72. The number of benzene rings is 1. The topological polar surface area (TPSA) is 125 Å². The molecule has 0 aliphatic heterocycles. The van der Waals surface area contributed by atoms with Crippen LogP contribution in [0.3, 0.4) is 0 Å². The molecule has 0 saturated heterocycles. The molecule has 3 amide bonds. The molecule has 8 heteroatoms. The van der Waals surface area contributed by atoms with E-state index in [1.165, 1.54) is 18.2 Å². The zero-order valence-corrected chi connectivity index (χ0v) is 12.3. The van der Waals surface area contributed by atoms with Gasteiger partial charge < -0.3 is 16.2 Å². The van der Waals surface area contributed by atoms with Crippen LogP contribution in [0.15, 0.2) is 18.2 Å². The molecule has 5 N–H and O–H groups in total. The van der Waals surface area contributed by atoms with Crippen LogP contribution in [0.25, 0.3) is 0 Å². The summed E-state index contributed by atoms with van der Waals surface area (Å²) in [6.45, 7) is 3.32. The van der Waals surface area contributed by atoms with E-state index in [2.05, 4.69) is 0 Å². The fourth-order valence-corrected chi connectivity index (χ4v) is 1.66. The SMILES string of the molecule is CC(C)[C@H](OC(=O)c1ccc(Cl)c(N)c1)C(=O)NC(N)=O. The van der Waals surface area contributed by atoms with E-state index in [0.717, 1.165) is 0 Å². The largest absolute Gasteiger partial charge is 0.448 e. The van der Waals surface area contributed by atoms with Crippen LogP contribution in [0.2, 0.25) is 5.02 Å². The number of carbonyl (C=O) groups is 3. The summed E-state index contributed by atoms with van der Waals surface area (Å²) in [6, 6.07) is 3.19. The highest BCUT2D eigenvalue weighted by atomic mass is 35.5. The lowest BCUT2D eigenvalue weighted by molar-refractivity contribution is -0.130. The minimum atomic E-state index is -1.15. The Balaban J connectivity index is 2.88. The van der Waals surface area contributed by atoms with Crippen LogP contribution in [-0.2, 0) is 9.53 Å². The number of halogens is 1. The molecule has 1 aromatic carbocycles. The van der Waals surface area contributed by atoms with Gasteiger partial charge in [0.15, 0.2) is 6.10 Å². The van der Waals surface area contributed by atoms with E-state index in [-0.39, 0.29) is 17.2 Å². The van der Waals surface area contributed by atoms with E-state index in [4.69, 9.17) is 27.8 Å². The predicted molar refractivity (Wildman–Crippen MR) is 77.6 cm³/mol. The van der Waals surface area contributed by atoms with Crippen molar-refractivity contribution in [2.45, 2.75) is 20.0 Å². The number of primary amides is 1. The number of carbonyl (C=O) groups excluding carboxylic acids is 3. The van der Waals surface area contributed by atoms with Crippen LogP contribution in [0.5, 0.6) is 0 Å². The van der Waals surface area contributed by atoms with Gasteiger partial charge in [-0.3, -0.25) is 10.1 Å². The molecule has 1 rings (SSSR count). The molecule has 0 aliphatic carbocycles. The lowest BCUT2D eigenvalue weighted by Crippen LogP contribution is -2.45. The highest BCUT2D eigenvalue weighted by molar-refractivity contribution is 6.33. The number of amides is 3. The Labute approximate surface area is 126 Å². The molecule has 1 atom stereocenters. The van der Waals surface area contributed by atoms with E-state index in [1.807, 2.05) is 5.32 Å². The molecule has 0 spiro atoms. The first-order valence-corrected chi connectivity index (χ1v) is 6.46. The van der Waals surface area contributed by atoms with Crippen LogP contribution in [0, 0.1) is 5.92 Å². The number of nitrogen functional groups attached to an aromatic ring is 1. The van der Waals surface area contributed by atoms with Gasteiger partial charge in [0.1, 0.15) is 0 Å². The summed E-state index contributed by atoms with van der Waals surface area (Å²) in [5.41, 5.74) is 10.8. The van der Waals surface area contributed by atoms with Crippen LogP contribution in [-0.4, -0.2) is 24.0 Å². The Kier molecular flexibility index (Phi) is 5.54. The highest BCUT2D eigenvalue weighted by Crippen LogP contribution is 2.20. The quantitative estimate of drug-likeness (QED) is 0.570. The van der Waals surface area contributed by atoms with E-state index in [1.54, 1.807) is 13.8 Å². The third-order valence-electron chi connectivity index (χ3n) is 2.58. The number of nitrogens with one attached hydrogen (secondary N) is 1. The van der Waals surface area contributed by atoms with Gasteiger partial charge in [-0.15, -0.1) is 0 Å². The Morgan fingerprint density at radius 3 is 2.38 bits per heavy atom. The summed E-state index contributed by atoms with van der Waals surface area (Å²) in [4.78, 5) is 34.4. The summed E-state index contributed by atoms with van der Waals surface area (Å²) in [7, 11) is 0. The molecule has 0 aromatic heterocycles. The second kappa shape index (κ2) is 6.94. The fraction of sp³-hybridized carbons (Fsp3) is 0.308. The zero-order chi connectivity index (χ0) is 16.2. The minimum absolute atomic E-state index is 0.148. The number of nitrogens with two attached hydrogens (primary N) is 2. The zero-order valence-electron chi connectivity index (χ0n) is 11.6. The number of hydrogen-bond donors (Lipinski definition) is 3. The molecule has 21 heavy (non-hydrogen) atoms. The van der Waals surface area contributed by atoms with Gasteiger partial charge in [0.2, 0.25) is 0 Å². The maximum atomic E-state index is 12.0. The van der Waals surface area contributed by atoms with Crippen LogP contribution < -0.4 is 16.8 Å². The first kappa shape index (κ1) is 16.8. The van der Waals surface area contributed by atoms with Crippen molar-refractivity contribution in [3.63, 3.8) is 0 Å². The standard InChI is InChI=1S/C13H16ClN3O4/c1-6(2)10(11(18)17-13(16)20)21-12(19)7-3-4-8(14)9(15)5-7/h3-6,10H,15H2,1-2H3,(H3,16,17,18,20)/t10-/m0/s1. The van der Waals surface area contributed by atoms with Crippen molar-refractivity contribution in [3.8, 4) is 0 Å². The van der Waals surface area contributed by atoms with Gasteiger partial charge in [-0.2, -0.15) is 0 Å². The third kappa shape index (κ3) is 4.64. The van der Waals surface area contributed by atoms with Crippen molar-refractivity contribution in [2.75, 3.05) is 5.73 Å². The molecule has 0 bridgehead atoms. The number of urea groups is 1. The van der Waals surface area contributed by atoms with E-state index in [0.29, 0.717) is 5.02 Å². The number of hydrogen-bond acceptors (Lipinski definition) is 5. The van der Waals surface area contributed by atoms with Crippen molar-refractivity contribution >= 4 is 35.2 Å².